The molecule has 4 rings (SSSR count). The van der Waals surface area contributed by atoms with E-state index < -0.39 is 0 Å². The topological polar surface area (TPSA) is 30.2 Å². The predicted octanol–water partition coefficient (Wildman–Crippen LogP) is 3.52. The highest BCUT2D eigenvalue weighted by molar-refractivity contribution is 5.77. The first kappa shape index (κ1) is 11.6. The van der Waals surface area contributed by atoms with E-state index >= 15 is 0 Å². The molecule has 2 aromatic heterocycles. The SMILES string of the molecule is CC1CCc2c(cnc3c(-c4ccccc4)cnn23)C1. The molecule has 0 aliphatic heterocycles. The maximum atomic E-state index is 4.67. The molecule has 1 atom stereocenters. The lowest BCUT2D eigenvalue weighted by molar-refractivity contribution is 0.485. The third-order valence-corrected chi connectivity index (χ3v) is 4.24. The van der Waals surface area contributed by atoms with Crippen LogP contribution in [0.25, 0.3) is 16.8 Å². The number of aromatic nitrogens is 3. The molecule has 0 bridgehead atoms. The fourth-order valence-electron chi connectivity index (χ4n) is 3.13. The molecule has 0 saturated carbocycles. The van der Waals surface area contributed by atoms with E-state index in [0.717, 1.165) is 30.0 Å². The van der Waals surface area contributed by atoms with Crippen molar-refractivity contribution in [3.8, 4) is 11.1 Å². The summed E-state index contributed by atoms with van der Waals surface area (Å²) >= 11 is 0. The van der Waals surface area contributed by atoms with Crippen LogP contribution in [0.5, 0.6) is 0 Å². The molecule has 3 nitrogen and oxygen atoms in total. The lowest BCUT2D eigenvalue weighted by Crippen LogP contribution is -2.16. The zero-order valence-electron chi connectivity index (χ0n) is 11.6. The van der Waals surface area contributed by atoms with Gasteiger partial charge in [0.25, 0.3) is 0 Å². The standard InChI is InChI=1S/C17H17N3/c1-12-7-8-16-14(9-12)10-18-17-15(11-19-20(16)17)13-5-3-2-4-6-13/h2-6,10-12H,7-9H2,1H3. The van der Waals surface area contributed by atoms with Gasteiger partial charge in [0.15, 0.2) is 5.65 Å². The van der Waals surface area contributed by atoms with Crippen LogP contribution < -0.4 is 0 Å². The highest BCUT2D eigenvalue weighted by Crippen LogP contribution is 2.28. The second-order valence-corrected chi connectivity index (χ2v) is 5.74. The van der Waals surface area contributed by atoms with Crippen molar-refractivity contribution in [1.82, 2.24) is 14.6 Å². The molecule has 0 amide bonds. The van der Waals surface area contributed by atoms with Crippen molar-refractivity contribution in [2.75, 3.05) is 0 Å². The number of rotatable bonds is 1. The van der Waals surface area contributed by atoms with Crippen LogP contribution >= 0.6 is 0 Å². The largest absolute Gasteiger partial charge is 0.236 e. The first-order valence-electron chi connectivity index (χ1n) is 7.23. The minimum absolute atomic E-state index is 0.755. The predicted molar refractivity (Wildman–Crippen MR) is 79.6 cm³/mol. The van der Waals surface area contributed by atoms with Gasteiger partial charge in [-0.2, -0.15) is 5.10 Å². The molecule has 100 valence electrons. The molecule has 20 heavy (non-hydrogen) atoms. The van der Waals surface area contributed by atoms with Gasteiger partial charge in [-0.25, -0.2) is 9.50 Å². The molecule has 1 aliphatic rings. The van der Waals surface area contributed by atoms with E-state index in [1.807, 2.05) is 16.8 Å². The van der Waals surface area contributed by atoms with E-state index in [2.05, 4.69) is 47.5 Å². The van der Waals surface area contributed by atoms with Crippen LogP contribution in [0.1, 0.15) is 24.6 Å². The molecule has 0 N–H and O–H groups in total. The average molecular weight is 263 g/mol. The summed E-state index contributed by atoms with van der Waals surface area (Å²) in [6, 6.07) is 10.4. The van der Waals surface area contributed by atoms with Crippen LogP contribution in [0.3, 0.4) is 0 Å². The smallest absolute Gasteiger partial charge is 0.163 e. The van der Waals surface area contributed by atoms with Crippen LogP contribution in [0.4, 0.5) is 0 Å². The Morgan fingerprint density at radius 2 is 2.00 bits per heavy atom. The molecule has 1 aliphatic carbocycles. The van der Waals surface area contributed by atoms with Crippen molar-refractivity contribution < 1.29 is 0 Å². The Kier molecular flexibility index (Phi) is 2.59. The lowest BCUT2D eigenvalue weighted by Gasteiger charge is -2.21. The van der Waals surface area contributed by atoms with Gasteiger partial charge in [-0.15, -0.1) is 0 Å². The third kappa shape index (κ3) is 1.73. The molecule has 0 radical (unpaired) electrons. The summed E-state index contributed by atoms with van der Waals surface area (Å²) < 4.78 is 2.05. The number of benzene rings is 1. The van der Waals surface area contributed by atoms with Gasteiger partial charge in [0.1, 0.15) is 0 Å². The fraction of sp³-hybridized carbons (Fsp3) is 0.294. The van der Waals surface area contributed by atoms with E-state index in [1.54, 1.807) is 0 Å². The minimum atomic E-state index is 0.755. The summed E-state index contributed by atoms with van der Waals surface area (Å²) in [6.07, 6.45) is 7.46. The molecule has 0 spiro atoms. The van der Waals surface area contributed by atoms with Crippen molar-refractivity contribution in [1.29, 1.82) is 0 Å². The van der Waals surface area contributed by atoms with Crippen LogP contribution in [-0.4, -0.2) is 14.6 Å². The highest BCUT2D eigenvalue weighted by atomic mass is 15.3. The van der Waals surface area contributed by atoms with Gasteiger partial charge in [0.2, 0.25) is 0 Å². The summed E-state index contributed by atoms with van der Waals surface area (Å²) in [5, 5.41) is 4.59. The van der Waals surface area contributed by atoms with Crippen LogP contribution in [-0.2, 0) is 12.8 Å². The Balaban J connectivity index is 1.91. The van der Waals surface area contributed by atoms with E-state index in [0.29, 0.717) is 0 Å². The number of hydrogen-bond donors (Lipinski definition) is 0. The van der Waals surface area contributed by atoms with Gasteiger partial charge in [-0.05, 0) is 36.3 Å². The van der Waals surface area contributed by atoms with Gasteiger partial charge >= 0.3 is 0 Å². The zero-order valence-corrected chi connectivity index (χ0v) is 11.6. The Bertz CT molecular complexity index is 759. The van der Waals surface area contributed by atoms with Crippen LogP contribution in [0.15, 0.2) is 42.7 Å². The highest BCUT2D eigenvalue weighted by Gasteiger charge is 2.20. The molecule has 0 saturated heterocycles. The lowest BCUT2D eigenvalue weighted by atomic mass is 9.89. The summed E-state index contributed by atoms with van der Waals surface area (Å²) in [5.74, 6) is 0.755. The molecule has 1 aromatic carbocycles. The number of fused-ring (bicyclic) bond motifs is 3. The summed E-state index contributed by atoms with van der Waals surface area (Å²) in [4.78, 5) is 4.67. The quantitative estimate of drug-likeness (QED) is 0.672. The number of hydrogen-bond acceptors (Lipinski definition) is 2. The molecule has 0 fully saturated rings. The van der Waals surface area contributed by atoms with Gasteiger partial charge in [0.05, 0.1) is 6.20 Å². The van der Waals surface area contributed by atoms with Crippen molar-refractivity contribution in [3.05, 3.63) is 54.0 Å². The van der Waals surface area contributed by atoms with Gasteiger partial charge < -0.3 is 0 Å². The minimum Gasteiger partial charge on any atom is -0.236 e. The van der Waals surface area contributed by atoms with Crippen LogP contribution in [0.2, 0.25) is 0 Å². The number of nitrogens with zero attached hydrogens (tertiary/aromatic N) is 3. The van der Waals surface area contributed by atoms with Gasteiger partial charge in [-0.1, -0.05) is 37.3 Å². The molecular weight excluding hydrogens is 246 g/mol. The van der Waals surface area contributed by atoms with E-state index in [4.69, 9.17) is 0 Å². The first-order valence-corrected chi connectivity index (χ1v) is 7.23. The van der Waals surface area contributed by atoms with Gasteiger partial charge in [-0.3, -0.25) is 0 Å². The average Bonchev–Trinajstić information content (AvgIpc) is 2.92. The second-order valence-electron chi connectivity index (χ2n) is 5.74. The Hall–Kier alpha value is -2.16. The summed E-state index contributed by atoms with van der Waals surface area (Å²) in [6.45, 7) is 2.31. The number of aryl methyl sites for hydroxylation is 1. The monoisotopic (exact) mass is 263 g/mol. The van der Waals surface area contributed by atoms with Crippen molar-refractivity contribution in [2.24, 2.45) is 5.92 Å². The molecule has 1 unspecified atom stereocenters. The first-order chi connectivity index (χ1) is 9.83. The maximum Gasteiger partial charge on any atom is 0.163 e. The van der Waals surface area contributed by atoms with Crippen molar-refractivity contribution in [3.63, 3.8) is 0 Å². The van der Waals surface area contributed by atoms with E-state index in [-0.39, 0.29) is 0 Å². The summed E-state index contributed by atoms with van der Waals surface area (Å²) in [7, 11) is 0. The van der Waals surface area contributed by atoms with E-state index in [1.165, 1.54) is 23.2 Å². The third-order valence-electron chi connectivity index (χ3n) is 4.24. The summed E-state index contributed by atoms with van der Waals surface area (Å²) in [5.41, 5.74) is 5.98. The molecule has 2 heterocycles. The Morgan fingerprint density at radius 1 is 1.15 bits per heavy atom. The zero-order chi connectivity index (χ0) is 13.5. The Morgan fingerprint density at radius 3 is 2.85 bits per heavy atom. The molecule has 3 aromatic rings. The van der Waals surface area contributed by atoms with Crippen LogP contribution in [0, 0.1) is 5.92 Å². The van der Waals surface area contributed by atoms with Gasteiger partial charge in [0, 0.05) is 17.5 Å². The molecular formula is C17H17N3. The Labute approximate surface area is 118 Å². The van der Waals surface area contributed by atoms with Crippen molar-refractivity contribution in [2.45, 2.75) is 26.2 Å². The van der Waals surface area contributed by atoms with Crippen molar-refractivity contribution >= 4 is 5.65 Å². The second kappa shape index (κ2) is 4.44. The fourth-order valence-corrected chi connectivity index (χ4v) is 3.13. The van der Waals surface area contributed by atoms with E-state index in [9.17, 15) is 0 Å². The maximum absolute atomic E-state index is 4.67. The molecule has 3 heteroatoms. The normalized spacial score (nSPS) is 18.1.